The van der Waals surface area contributed by atoms with Gasteiger partial charge in [0.1, 0.15) is 0 Å². The molecule has 0 unspecified atom stereocenters. The van der Waals surface area contributed by atoms with Gasteiger partial charge in [-0.25, -0.2) is 14.3 Å². The number of pyridine rings is 2. The van der Waals surface area contributed by atoms with Crippen LogP contribution in [0.2, 0.25) is 0 Å². The Kier molecular flexibility index (Phi) is 4.74. The van der Waals surface area contributed by atoms with Crippen LogP contribution in [-0.4, -0.2) is 25.0 Å². The van der Waals surface area contributed by atoms with Crippen LogP contribution in [0.15, 0.2) is 76.6 Å². The number of hydrogen-bond donors (Lipinski definition) is 1. The molecule has 3 heterocycles. The van der Waals surface area contributed by atoms with E-state index >= 15 is 0 Å². The van der Waals surface area contributed by atoms with Crippen molar-refractivity contribution in [3.8, 4) is 5.69 Å². The van der Waals surface area contributed by atoms with Crippen molar-refractivity contribution in [2.45, 2.75) is 13.0 Å². The SMILES string of the molecule is NC(=O)c1cccc(-n2c(=O)n(CCc3ccccn3)c(=O)c3cccnc32)c1. The molecule has 0 atom stereocenters. The summed E-state index contributed by atoms with van der Waals surface area (Å²) in [5.41, 5.74) is 6.06. The van der Waals surface area contributed by atoms with Crippen molar-refractivity contribution >= 4 is 16.9 Å². The molecule has 2 N–H and O–H groups in total. The molecule has 8 nitrogen and oxygen atoms in total. The van der Waals surface area contributed by atoms with Gasteiger partial charge in [-0.3, -0.25) is 19.1 Å². The maximum absolute atomic E-state index is 13.3. The average Bonchev–Trinajstić information content (AvgIpc) is 2.75. The largest absolute Gasteiger partial charge is 0.366 e. The highest BCUT2D eigenvalue weighted by Gasteiger charge is 2.16. The first-order chi connectivity index (χ1) is 14.1. The normalized spacial score (nSPS) is 10.9. The predicted molar refractivity (Wildman–Crippen MR) is 108 cm³/mol. The first kappa shape index (κ1) is 18.3. The van der Waals surface area contributed by atoms with Gasteiger partial charge < -0.3 is 5.73 Å². The Labute approximate surface area is 164 Å². The van der Waals surface area contributed by atoms with Crippen LogP contribution in [0.3, 0.4) is 0 Å². The zero-order chi connectivity index (χ0) is 20.4. The van der Waals surface area contributed by atoms with Crippen molar-refractivity contribution in [3.05, 3.63) is 99.1 Å². The van der Waals surface area contributed by atoms with Gasteiger partial charge in [0.15, 0.2) is 5.65 Å². The lowest BCUT2D eigenvalue weighted by Crippen LogP contribution is -2.40. The molecule has 1 amide bonds. The van der Waals surface area contributed by atoms with E-state index in [9.17, 15) is 14.4 Å². The van der Waals surface area contributed by atoms with Gasteiger partial charge >= 0.3 is 5.69 Å². The number of fused-ring (bicyclic) bond motifs is 1. The number of primary amides is 1. The molecule has 0 saturated heterocycles. The van der Waals surface area contributed by atoms with Gasteiger partial charge in [-0.15, -0.1) is 0 Å². The van der Waals surface area contributed by atoms with E-state index in [1.54, 1.807) is 42.6 Å². The van der Waals surface area contributed by atoms with Crippen LogP contribution in [0.5, 0.6) is 0 Å². The number of hydrogen-bond acceptors (Lipinski definition) is 5. The van der Waals surface area contributed by atoms with E-state index in [1.807, 2.05) is 12.1 Å². The van der Waals surface area contributed by atoms with Crippen molar-refractivity contribution in [3.63, 3.8) is 0 Å². The highest BCUT2D eigenvalue weighted by molar-refractivity contribution is 5.93. The smallest absolute Gasteiger partial charge is 0.337 e. The molecule has 8 heteroatoms. The minimum absolute atomic E-state index is 0.162. The molecule has 4 aromatic rings. The summed E-state index contributed by atoms with van der Waals surface area (Å²) in [6.07, 6.45) is 3.59. The molecule has 144 valence electrons. The van der Waals surface area contributed by atoms with Crippen LogP contribution in [-0.2, 0) is 13.0 Å². The maximum atomic E-state index is 13.3. The van der Waals surface area contributed by atoms with Crippen LogP contribution in [0.1, 0.15) is 16.1 Å². The second-order valence-electron chi connectivity index (χ2n) is 6.43. The van der Waals surface area contributed by atoms with Gasteiger partial charge in [-0.2, -0.15) is 0 Å². The maximum Gasteiger partial charge on any atom is 0.337 e. The minimum atomic E-state index is -0.611. The molecule has 0 aliphatic heterocycles. The van der Waals surface area contributed by atoms with Crippen molar-refractivity contribution in [1.29, 1.82) is 0 Å². The fourth-order valence-corrected chi connectivity index (χ4v) is 3.19. The van der Waals surface area contributed by atoms with E-state index in [2.05, 4.69) is 9.97 Å². The molecule has 0 bridgehead atoms. The van der Waals surface area contributed by atoms with Crippen molar-refractivity contribution in [2.24, 2.45) is 5.73 Å². The van der Waals surface area contributed by atoms with E-state index in [1.165, 1.54) is 16.8 Å². The van der Waals surface area contributed by atoms with E-state index in [0.717, 1.165) is 10.3 Å². The average molecular weight is 387 g/mol. The number of benzene rings is 1. The van der Waals surface area contributed by atoms with Gasteiger partial charge in [-0.1, -0.05) is 12.1 Å². The number of aryl methyl sites for hydroxylation is 1. The number of rotatable bonds is 5. The van der Waals surface area contributed by atoms with E-state index in [0.29, 0.717) is 17.5 Å². The third-order valence-electron chi connectivity index (χ3n) is 4.60. The fraction of sp³-hybridized carbons (Fsp3) is 0.0952. The molecule has 0 radical (unpaired) electrons. The summed E-state index contributed by atoms with van der Waals surface area (Å²) in [5.74, 6) is -0.611. The van der Waals surface area contributed by atoms with Crippen LogP contribution in [0, 0.1) is 0 Å². The number of nitrogens with zero attached hydrogens (tertiary/aromatic N) is 4. The van der Waals surface area contributed by atoms with Crippen LogP contribution >= 0.6 is 0 Å². The predicted octanol–water partition coefficient (Wildman–Crippen LogP) is 1.28. The van der Waals surface area contributed by atoms with Crippen LogP contribution in [0.4, 0.5) is 0 Å². The summed E-state index contributed by atoms with van der Waals surface area (Å²) in [6, 6.07) is 15.1. The Morgan fingerprint density at radius 2 is 1.79 bits per heavy atom. The molecule has 0 spiro atoms. The Bertz CT molecular complexity index is 1330. The highest BCUT2D eigenvalue weighted by atomic mass is 16.2. The van der Waals surface area contributed by atoms with Crippen LogP contribution in [0.25, 0.3) is 16.7 Å². The number of carbonyl (C=O) groups excluding carboxylic acids is 1. The molecule has 0 fully saturated rings. The Balaban J connectivity index is 1.92. The molecule has 4 rings (SSSR count). The van der Waals surface area contributed by atoms with Gasteiger partial charge in [0, 0.05) is 36.6 Å². The second kappa shape index (κ2) is 7.51. The topological polar surface area (TPSA) is 113 Å². The fourth-order valence-electron chi connectivity index (χ4n) is 3.19. The second-order valence-corrected chi connectivity index (χ2v) is 6.43. The molecule has 0 aliphatic carbocycles. The van der Waals surface area contributed by atoms with Crippen molar-refractivity contribution in [2.75, 3.05) is 0 Å². The Hall–Kier alpha value is -4.07. The van der Waals surface area contributed by atoms with Gasteiger partial charge in [0.2, 0.25) is 5.91 Å². The van der Waals surface area contributed by atoms with E-state index in [4.69, 9.17) is 5.73 Å². The summed E-state index contributed by atoms with van der Waals surface area (Å²) in [7, 11) is 0. The van der Waals surface area contributed by atoms with Crippen molar-refractivity contribution in [1.82, 2.24) is 19.1 Å². The van der Waals surface area contributed by atoms with Crippen molar-refractivity contribution < 1.29 is 4.79 Å². The minimum Gasteiger partial charge on any atom is -0.366 e. The summed E-state index contributed by atoms with van der Waals surface area (Å²) in [5, 5.41) is 0.303. The van der Waals surface area contributed by atoms with E-state index in [-0.39, 0.29) is 17.8 Å². The molecule has 0 aliphatic rings. The lowest BCUT2D eigenvalue weighted by Gasteiger charge is -2.14. The zero-order valence-corrected chi connectivity index (χ0v) is 15.4. The standard InChI is InChI=1S/C21H17N5O3/c22-18(27)14-5-3-7-16(13-14)26-19-17(8-4-11-24-19)20(28)25(21(26)29)12-9-15-6-1-2-10-23-15/h1-8,10-11,13H,9,12H2,(H2,22,27). The van der Waals surface area contributed by atoms with Gasteiger partial charge in [0.05, 0.1) is 11.1 Å². The lowest BCUT2D eigenvalue weighted by molar-refractivity contribution is 0.1000. The van der Waals surface area contributed by atoms with Gasteiger partial charge in [0.25, 0.3) is 5.56 Å². The molecular weight excluding hydrogens is 370 g/mol. The first-order valence-corrected chi connectivity index (χ1v) is 8.97. The first-order valence-electron chi connectivity index (χ1n) is 8.97. The number of amides is 1. The van der Waals surface area contributed by atoms with E-state index < -0.39 is 17.2 Å². The quantitative estimate of drug-likeness (QED) is 0.554. The van der Waals surface area contributed by atoms with Crippen LogP contribution < -0.4 is 17.0 Å². The highest BCUT2D eigenvalue weighted by Crippen LogP contribution is 2.13. The number of aromatic nitrogens is 4. The third kappa shape index (κ3) is 3.43. The molecular formula is C21H17N5O3. The lowest BCUT2D eigenvalue weighted by atomic mass is 10.2. The summed E-state index contributed by atoms with van der Waals surface area (Å²) < 4.78 is 2.48. The Morgan fingerprint density at radius 3 is 2.55 bits per heavy atom. The summed E-state index contributed by atoms with van der Waals surface area (Å²) in [4.78, 5) is 46.2. The monoisotopic (exact) mass is 387 g/mol. The number of carbonyl (C=O) groups is 1. The zero-order valence-electron chi connectivity index (χ0n) is 15.4. The molecule has 1 aromatic carbocycles. The molecule has 0 saturated carbocycles. The number of nitrogens with two attached hydrogens (primary N) is 1. The Morgan fingerprint density at radius 1 is 0.966 bits per heavy atom. The molecule has 3 aromatic heterocycles. The third-order valence-corrected chi connectivity index (χ3v) is 4.60. The summed E-state index contributed by atoms with van der Waals surface area (Å²) in [6.45, 7) is 0.162. The summed E-state index contributed by atoms with van der Waals surface area (Å²) >= 11 is 0. The molecule has 29 heavy (non-hydrogen) atoms. The van der Waals surface area contributed by atoms with Gasteiger partial charge in [-0.05, 0) is 42.5 Å².